The Hall–Kier alpha value is -1.45. The van der Waals surface area contributed by atoms with E-state index in [0.717, 1.165) is 0 Å². The van der Waals surface area contributed by atoms with E-state index in [9.17, 15) is 18.3 Å². The maximum atomic E-state index is 12.0. The molecule has 0 radical (unpaired) electrons. The van der Waals surface area contributed by atoms with Gasteiger partial charge < -0.3 is 14.9 Å². The van der Waals surface area contributed by atoms with Crippen LogP contribution in [-0.4, -0.2) is 57.7 Å². The minimum atomic E-state index is -4.04. The maximum Gasteiger partial charge on any atom is 0.281 e. The van der Waals surface area contributed by atoms with Crippen molar-refractivity contribution in [1.82, 2.24) is 0 Å². The zero-order valence-electron chi connectivity index (χ0n) is 12.5. The summed E-state index contributed by atoms with van der Waals surface area (Å²) in [5.41, 5.74) is 0.459. The second kappa shape index (κ2) is 7.21. The largest absolute Gasteiger partial charge is 0.857 e. The number of hydrogen-bond donors (Lipinski definition) is 1. The summed E-state index contributed by atoms with van der Waals surface area (Å²) < 4.78 is 27.6. The Kier molecular flexibility index (Phi) is 6.09. The van der Waals surface area contributed by atoms with Crippen molar-refractivity contribution < 1.29 is 22.8 Å². The molecular weight excluding hydrogens is 374 g/mol. The Bertz CT molecular complexity index is 664. The second-order valence-electron chi connectivity index (χ2n) is 5.61. The van der Waals surface area contributed by atoms with E-state index in [1.165, 1.54) is 24.3 Å². The van der Waals surface area contributed by atoms with Crippen LogP contribution in [0.3, 0.4) is 0 Å². The molecule has 1 amide bonds. The third-order valence-corrected chi connectivity index (χ3v) is 4.21. The summed E-state index contributed by atoms with van der Waals surface area (Å²) in [7, 11) is 1.26. The van der Waals surface area contributed by atoms with Gasteiger partial charge in [0.25, 0.3) is 10.0 Å². The molecule has 0 unspecified atom stereocenters. The van der Waals surface area contributed by atoms with Crippen LogP contribution >= 0.6 is 15.9 Å². The number of anilines is 1. The van der Waals surface area contributed by atoms with E-state index >= 15 is 0 Å². The molecular formula is C13H18BrN3O4S. The van der Waals surface area contributed by atoms with Crippen molar-refractivity contribution in [1.29, 1.82) is 0 Å². The lowest BCUT2D eigenvalue weighted by Gasteiger charge is -2.26. The Morgan fingerprint density at radius 2 is 1.82 bits per heavy atom. The first kappa shape index (κ1) is 18.6. The minimum Gasteiger partial charge on any atom is -0.857 e. The number of halogens is 1. The standard InChI is InChI=1S/C13H18BrN3O4S/c1-17(2,3)9-13(19)16-22(20,21)11-6-4-10(5-7-11)15-12(18)8-14/h4-7H,8-9H2,1-3H3,(H-,15,16,18,19). The zero-order chi connectivity index (χ0) is 17.0. The molecule has 0 heterocycles. The van der Waals surface area contributed by atoms with E-state index in [2.05, 4.69) is 25.6 Å². The molecule has 22 heavy (non-hydrogen) atoms. The van der Waals surface area contributed by atoms with Gasteiger partial charge >= 0.3 is 0 Å². The molecule has 1 rings (SSSR count). The van der Waals surface area contributed by atoms with Crippen LogP contribution in [-0.2, 0) is 14.8 Å². The predicted octanol–water partition coefficient (Wildman–Crippen LogP) is 0.174. The fourth-order valence-electron chi connectivity index (χ4n) is 1.53. The Morgan fingerprint density at radius 1 is 1.27 bits per heavy atom. The van der Waals surface area contributed by atoms with Gasteiger partial charge in [0, 0.05) is 11.6 Å². The van der Waals surface area contributed by atoms with Gasteiger partial charge in [0.1, 0.15) is 6.54 Å². The average Bonchev–Trinajstić information content (AvgIpc) is 2.36. The van der Waals surface area contributed by atoms with Crippen molar-refractivity contribution in [2.75, 3.05) is 38.3 Å². The van der Waals surface area contributed by atoms with Crippen LogP contribution in [0.1, 0.15) is 0 Å². The van der Waals surface area contributed by atoms with E-state index in [4.69, 9.17) is 0 Å². The molecule has 0 aliphatic carbocycles. The number of carbonyl (C=O) groups excluding carboxylic acids is 1. The molecule has 1 aromatic rings. The van der Waals surface area contributed by atoms with Crippen LogP contribution in [0.2, 0.25) is 0 Å². The van der Waals surface area contributed by atoms with E-state index in [0.29, 0.717) is 5.69 Å². The van der Waals surface area contributed by atoms with Gasteiger partial charge in [-0.1, -0.05) is 15.9 Å². The van der Waals surface area contributed by atoms with Crippen molar-refractivity contribution in [3.63, 3.8) is 0 Å². The SMILES string of the molecule is C[N+](C)(C)CC([O-])=NS(=O)(=O)c1ccc(NC(=O)CBr)cc1. The van der Waals surface area contributed by atoms with Gasteiger partial charge in [-0.05, 0) is 24.3 Å². The molecule has 1 N–H and O–H groups in total. The lowest BCUT2D eigenvalue weighted by molar-refractivity contribution is -0.863. The number of amides is 1. The van der Waals surface area contributed by atoms with Gasteiger partial charge in [-0.3, -0.25) is 4.79 Å². The summed E-state index contributed by atoms with van der Waals surface area (Å²) >= 11 is 3.01. The van der Waals surface area contributed by atoms with Gasteiger partial charge in [-0.15, -0.1) is 0 Å². The monoisotopic (exact) mass is 391 g/mol. The summed E-state index contributed by atoms with van der Waals surface area (Å²) in [6.07, 6.45) is 0. The van der Waals surface area contributed by atoms with Crippen molar-refractivity contribution in [3.05, 3.63) is 24.3 Å². The van der Waals surface area contributed by atoms with Gasteiger partial charge in [0.2, 0.25) is 5.91 Å². The normalized spacial score (nSPS) is 13.0. The summed E-state index contributed by atoms with van der Waals surface area (Å²) in [5.74, 6) is -0.956. The zero-order valence-corrected chi connectivity index (χ0v) is 14.9. The Labute approximate surface area is 138 Å². The molecule has 0 fully saturated rings. The van der Waals surface area contributed by atoms with E-state index in [-0.39, 0.29) is 27.2 Å². The number of hydrogen-bond acceptors (Lipinski definition) is 4. The first-order valence-electron chi connectivity index (χ1n) is 6.31. The first-order chi connectivity index (χ1) is 10.0. The molecule has 0 atom stereocenters. The van der Waals surface area contributed by atoms with E-state index in [1.807, 2.05) is 0 Å². The number of nitrogens with one attached hydrogen (secondary N) is 1. The highest BCUT2D eigenvalue weighted by molar-refractivity contribution is 9.09. The van der Waals surface area contributed by atoms with Crippen molar-refractivity contribution in [2.24, 2.45) is 4.40 Å². The number of carbonyl (C=O) groups is 1. The minimum absolute atomic E-state index is 0.0153. The molecule has 122 valence electrons. The van der Waals surface area contributed by atoms with Crippen LogP contribution in [0.15, 0.2) is 33.6 Å². The van der Waals surface area contributed by atoms with E-state index < -0.39 is 15.9 Å². The molecule has 0 aliphatic heterocycles. The van der Waals surface area contributed by atoms with Crippen LogP contribution in [0.5, 0.6) is 0 Å². The Morgan fingerprint density at radius 3 is 2.27 bits per heavy atom. The average molecular weight is 392 g/mol. The number of sulfonamides is 1. The number of alkyl halides is 1. The number of benzene rings is 1. The van der Waals surface area contributed by atoms with Crippen LogP contribution in [0.4, 0.5) is 5.69 Å². The molecule has 1 aromatic carbocycles. The highest BCUT2D eigenvalue weighted by Crippen LogP contribution is 2.16. The molecule has 0 aromatic heterocycles. The summed E-state index contributed by atoms with van der Waals surface area (Å²) in [4.78, 5) is 11.1. The molecule has 9 heteroatoms. The third kappa shape index (κ3) is 6.12. The molecule has 0 saturated heterocycles. The Balaban J connectivity index is 2.94. The predicted molar refractivity (Wildman–Crippen MR) is 86.4 cm³/mol. The highest BCUT2D eigenvalue weighted by atomic mass is 79.9. The summed E-state index contributed by atoms with van der Waals surface area (Å²) in [5, 5.41) is 14.4. The van der Waals surface area contributed by atoms with E-state index in [1.54, 1.807) is 21.1 Å². The molecule has 0 bridgehead atoms. The number of quaternary nitrogens is 1. The molecule has 0 saturated carbocycles. The summed E-state index contributed by atoms with van der Waals surface area (Å²) in [6, 6.07) is 5.46. The second-order valence-corrected chi connectivity index (χ2v) is 7.78. The van der Waals surface area contributed by atoms with Gasteiger partial charge in [0.05, 0.1) is 31.4 Å². The van der Waals surface area contributed by atoms with Crippen molar-refractivity contribution >= 4 is 43.4 Å². The highest BCUT2D eigenvalue weighted by Gasteiger charge is 2.14. The first-order valence-corrected chi connectivity index (χ1v) is 8.87. The van der Waals surface area contributed by atoms with Crippen LogP contribution in [0.25, 0.3) is 0 Å². The number of likely N-dealkylation sites (N-methyl/N-ethyl adjacent to an activating group) is 1. The van der Waals surface area contributed by atoms with Gasteiger partial charge in [-0.25, -0.2) is 0 Å². The van der Waals surface area contributed by atoms with Gasteiger partial charge in [0.15, 0.2) is 0 Å². The van der Waals surface area contributed by atoms with Crippen LogP contribution < -0.4 is 10.4 Å². The van der Waals surface area contributed by atoms with Crippen molar-refractivity contribution in [2.45, 2.75) is 4.90 Å². The topological polar surface area (TPSA) is 98.7 Å². The fraction of sp³-hybridized carbons (Fsp3) is 0.385. The summed E-state index contributed by atoms with van der Waals surface area (Å²) in [6.45, 7) is -0.0153. The third-order valence-electron chi connectivity index (χ3n) is 2.39. The van der Waals surface area contributed by atoms with Gasteiger partial charge in [-0.2, -0.15) is 12.8 Å². The number of nitrogens with zero attached hydrogens (tertiary/aromatic N) is 2. The molecule has 0 aliphatic rings. The van der Waals surface area contributed by atoms with Crippen molar-refractivity contribution in [3.8, 4) is 0 Å². The molecule has 0 spiro atoms. The lowest BCUT2D eigenvalue weighted by atomic mass is 10.3. The fourth-order valence-corrected chi connectivity index (χ4v) is 2.58. The quantitative estimate of drug-likeness (QED) is 0.323. The number of rotatable bonds is 6. The molecule has 7 nitrogen and oxygen atoms in total. The maximum absolute atomic E-state index is 12.0. The lowest BCUT2D eigenvalue weighted by Crippen LogP contribution is -2.44. The smallest absolute Gasteiger partial charge is 0.281 e. The van der Waals surface area contributed by atoms with Crippen LogP contribution in [0, 0.1) is 0 Å².